The number of fused-ring (bicyclic) bond motifs is 2. The number of pyridine rings is 1. The predicted molar refractivity (Wildman–Crippen MR) is 164 cm³/mol. The molecule has 2 aliphatic carbocycles. The van der Waals surface area contributed by atoms with Crippen LogP contribution in [0, 0.1) is 17.8 Å². The van der Waals surface area contributed by atoms with Gasteiger partial charge in [-0.25, -0.2) is 0 Å². The van der Waals surface area contributed by atoms with Crippen molar-refractivity contribution < 1.29 is 14.3 Å². The molecule has 3 aromatic rings. The summed E-state index contributed by atoms with van der Waals surface area (Å²) in [6, 6.07) is 7.51. The van der Waals surface area contributed by atoms with E-state index in [0.717, 1.165) is 48.2 Å². The summed E-state index contributed by atoms with van der Waals surface area (Å²) in [5.41, 5.74) is 5.21. The van der Waals surface area contributed by atoms with Crippen molar-refractivity contribution in [1.29, 1.82) is 0 Å². The van der Waals surface area contributed by atoms with Crippen molar-refractivity contribution in [3.05, 3.63) is 70.7 Å². The Hall–Kier alpha value is -4.06. The number of aryl methyl sites for hydroxylation is 1. The minimum atomic E-state index is -0.148. The fourth-order valence-corrected chi connectivity index (χ4v) is 6.35. The number of para-hydroxylation sites is 1. The summed E-state index contributed by atoms with van der Waals surface area (Å²) in [6.45, 7) is 0.711. The third-order valence-electron chi connectivity index (χ3n) is 8.17. The molecule has 216 valence electrons. The summed E-state index contributed by atoms with van der Waals surface area (Å²) in [5, 5.41) is 3.93. The Bertz CT molecular complexity index is 1630. The Kier molecular flexibility index (Phi) is 7.80. The number of likely N-dealkylation sites (tertiary alicyclic amines) is 1. The minimum Gasteiger partial charge on any atom is -0.493 e. The van der Waals surface area contributed by atoms with Gasteiger partial charge in [-0.15, -0.1) is 0 Å². The second-order valence-corrected chi connectivity index (χ2v) is 11.8. The maximum absolute atomic E-state index is 13.2. The first-order valence-electron chi connectivity index (χ1n) is 14.3. The molecular weight excluding hydrogens is 550 g/mol. The lowest BCUT2D eigenvalue weighted by molar-refractivity contribution is -0.126. The normalized spacial score (nSPS) is 20.7. The van der Waals surface area contributed by atoms with E-state index in [-0.39, 0.29) is 23.8 Å². The summed E-state index contributed by atoms with van der Waals surface area (Å²) < 4.78 is 5.58. The predicted octanol–water partition coefficient (Wildman–Crippen LogP) is 5.46. The number of methoxy groups -OCH3 is 1. The lowest BCUT2D eigenvalue weighted by Gasteiger charge is -2.22. The molecule has 0 radical (unpaired) electrons. The number of ether oxygens (including phenoxy) is 1. The number of Topliss-reactive ketones (excluding diaryl/α,β-unsaturated/α-hetero) is 1. The number of H-pyrrole nitrogens is 1. The summed E-state index contributed by atoms with van der Waals surface area (Å²) in [6.07, 6.45) is 11.0. The highest BCUT2D eigenvalue weighted by Gasteiger charge is 2.53. The molecule has 2 aromatic heterocycles. The molecule has 42 heavy (non-hydrogen) atoms. The van der Waals surface area contributed by atoms with E-state index >= 15 is 0 Å². The van der Waals surface area contributed by atoms with Gasteiger partial charge in [0, 0.05) is 48.7 Å². The number of nitrogens with zero attached hydrogens (tertiary/aromatic N) is 3. The zero-order chi connectivity index (χ0) is 29.4. The van der Waals surface area contributed by atoms with Crippen molar-refractivity contribution >= 4 is 34.7 Å². The van der Waals surface area contributed by atoms with E-state index in [9.17, 15) is 9.59 Å². The molecule has 8 nitrogen and oxygen atoms in total. The summed E-state index contributed by atoms with van der Waals surface area (Å²) in [4.78, 5) is 38.1. The number of likely N-dealkylation sites (N-methyl/N-ethyl adjacent to an activating group) is 1. The first-order chi connectivity index (χ1) is 20.4. The van der Waals surface area contributed by atoms with Crippen LogP contribution in [0.3, 0.4) is 0 Å². The molecule has 6 rings (SSSR count). The highest BCUT2D eigenvalue weighted by Crippen LogP contribution is 2.48. The number of hydrogen-bond acceptors (Lipinski definition) is 6. The molecule has 2 fully saturated rings. The Morgan fingerprint density at radius 1 is 1.29 bits per heavy atom. The van der Waals surface area contributed by atoms with Crippen molar-refractivity contribution in [3.63, 3.8) is 0 Å². The molecule has 1 saturated heterocycles. The maximum atomic E-state index is 13.2. The third-order valence-corrected chi connectivity index (χ3v) is 8.47. The molecule has 3 aliphatic rings. The van der Waals surface area contributed by atoms with Crippen molar-refractivity contribution in [2.24, 2.45) is 5.92 Å². The van der Waals surface area contributed by atoms with Gasteiger partial charge in [0.15, 0.2) is 11.5 Å². The number of amides is 1. The molecule has 1 aliphatic heterocycles. The number of aromatic amines is 1. The van der Waals surface area contributed by atoms with Crippen LogP contribution in [0.15, 0.2) is 48.8 Å². The van der Waals surface area contributed by atoms with Crippen molar-refractivity contribution in [1.82, 2.24) is 19.8 Å². The fourth-order valence-electron chi connectivity index (χ4n) is 6.10. The van der Waals surface area contributed by atoms with Gasteiger partial charge >= 0.3 is 0 Å². The SMILES string of the molecule is COc1c(Cl)cccc1Nc1c(-c2ccncc2C#C[C@@H]2C[C@@H]3C[C@@H]3N2C(=O)/C=C/CN(C)C)[nH]c2c1C(=O)CCC2. The number of aromatic nitrogens is 2. The molecular formula is C33H34ClN5O3. The van der Waals surface area contributed by atoms with E-state index in [4.69, 9.17) is 16.3 Å². The maximum Gasteiger partial charge on any atom is 0.247 e. The highest BCUT2D eigenvalue weighted by atomic mass is 35.5. The van der Waals surface area contributed by atoms with Crippen LogP contribution in [0.25, 0.3) is 11.3 Å². The van der Waals surface area contributed by atoms with Gasteiger partial charge in [-0.05, 0) is 63.9 Å². The van der Waals surface area contributed by atoms with Gasteiger partial charge in [0.25, 0.3) is 0 Å². The van der Waals surface area contributed by atoms with Gasteiger partial charge in [-0.1, -0.05) is 35.6 Å². The number of hydrogen-bond donors (Lipinski definition) is 2. The Labute approximate surface area is 251 Å². The van der Waals surface area contributed by atoms with Gasteiger partial charge in [0.1, 0.15) is 0 Å². The number of anilines is 2. The van der Waals surface area contributed by atoms with Crippen LogP contribution >= 0.6 is 11.6 Å². The Morgan fingerprint density at radius 2 is 2.14 bits per heavy atom. The second kappa shape index (κ2) is 11.7. The quantitative estimate of drug-likeness (QED) is 0.284. The number of benzene rings is 1. The molecule has 0 spiro atoms. The van der Waals surface area contributed by atoms with E-state index in [1.54, 1.807) is 31.6 Å². The van der Waals surface area contributed by atoms with E-state index < -0.39 is 0 Å². The summed E-state index contributed by atoms with van der Waals surface area (Å²) in [7, 11) is 5.52. The first-order valence-corrected chi connectivity index (χ1v) is 14.7. The number of rotatable bonds is 7. The van der Waals surface area contributed by atoms with E-state index in [1.807, 2.05) is 48.2 Å². The van der Waals surface area contributed by atoms with Gasteiger partial charge in [-0.2, -0.15) is 0 Å². The third kappa shape index (κ3) is 5.42. The van der Waals surface area contributed by atoms with Crippen molar-refractivity contribution in [2.45, 2.75) is 44.2 Å². The van der Waals surface area contributed by atoms with E-state index in [2.05, 4.69) is 27.1 Å². The summed E-state index contributed by atoms with van der Waals surface area (Å²) >= 11 is 6.42. The second-order valence-electron chi connectivity index (χ2n) is 11.4. The summed E-state index contributed by atoms with van der Waals surface area (Å²) in [5.74, 6) is 7.88. The molecule has 1 saturated carbocycles. The average Bonchev–Trinajstić information content (AvgIpc) is 3.47. The van der Waals surface area contributed by atoms with Gasteiger partial charge in [0.05, 0.1) is 46.4 Å². The monoisotopic (exact) mass is 583 g/mol. The molecule has 0 unspecified atom stereocenters. The smallest absolute Gasteiger partial charge is 0.247 e. The highest BCUT2D eigenvalue weighted by molar-refractivity contribution is 6.32. The average molecular weight is 584 g/mol. The first kappa shape index (κ1) is 28.1. The fraction of sp³-hybridized carbons (Fsp3) is 0.364. The van der Waals surface area contributed by atoms with Gasteiger partial charge in [0.2, 0.25) is 5.91 Å². The molecule has 1 amide bonds. The number of ketones is 1. The number of piperidine rings is 1. The van der Waals surface area contributed by atoms with Crippen LogP contribution in [0.1, 0.15) is 47.3 Å². The van der Waals surface area contributed by atoms with Crippen LogP contribution in [0.4, 0.5) is 11.4 Å². The molecule has 3 atom stereocenters. The minimum absolute atomic E-state index is 0.0186. The van der Waals surface area contributed by atoms with Gasteiger partial charge < -0.3 is 24.8 Å². The van der Waals surface area contributed by atoms with Crippen LogP contribution in [0.2, 0.25) is 5.02 Å². The van der Waals surface area contributed by atoms with Crippen LogP contribution in [-0.2, 0) is 11.2 Å². The number of nitrogens with one attached hydrogen (secondary N) is 2. The van der Waals surface area contributed by atoms with E-state index in [0.29, 0.717) is 46.6 Å². The topological polar surface area (TPSA) is 90.6 Å². The molecule has 2 N–H and O–H groups in total. The molecule has 1 aromatic carbocycles. The zero-order valence-electron chi connectivity index (χ0n) is 24.0. The van der Waals surface area contributed by atoms with Crippen molar-refractivity contribution in [3.8, 4) is 28.8 Å². The largest absolute Gasteiger partial charge is 0.493 e. The van der Waals surface area contributed by atoms with Crippen LogP contribution in [-0.4, -0.2) is 71.3 Å². The molecule has 9 heteroatoms. The van der Waals surface area contributed by atoms with Crippen LogP contribution in [0.5, 0.6) is 5.75 Å². The number of carbonyl (C=O) groups is 2. The lowest BCUT2D eigenvalue weighted by Crippen LogP contribution is -2.36. The Morgan fingerprint density at radius 3 is 2.95 bits per heavy atom. The standard InChI is InChI=1S/C33H34ClN5O3/c1-38(2)16-6-11-29(41)39-22(17-21-18-27(21)39)13-12-20-19-35-15-14-23(20)31-32(30-25(36-31)8-5-10-28(30)40)37-26-9-4-7-24(34)33(26)42-3/h4,6-7,9,11,14-15,19,21-22,27,36-37H,5,8,10,16-18H2,1-3H3/b11-6+/t21-,22-,27+/m1/s1. The number of carbonyl (C=O) groups excluding carboxylic acids is 2. The number of halogens is 1. The van der Waals surface area contributed by atoms with Crippen LogP contribution < -0.4 is 10.1 Å². The van der Waals surface area contributed by atoms with Gasteiger partial charge in [-0.3, -0.25) is 14.6 Å². The zero-order valence-corrected chi connectivity index (χ0v) is 24.8. The molecule has 3 heterocycles. The van der Waals surface area contributed by atoms with Crippen molar-refractivity contribution in [2.75, 3.05) is 33.1 Å². The Balaban J connectivity index is 1.37. The molecule has 0 bridgehead atoms. The van der Waals surface area contributed by atoms with E-state index in [1.165, 1.54) is 0 Å². The lowest BCUT2D eigenvalue weighted by atomic mass is 9.94.